The molecular weight excluding hydrogens is 407 g/mol. The molecule has 0 aromatic carbocycles. The molecule has 0 aliphatic carbocycles. The molecule has 0 aromatic rings. The zero-order valence-electron chi connectivity index (χ0n) is 1.61. The van der Waals surface area contributed by atoms with Gasteiger partial charge in [0.25, 0.3) is 0 Å². The minimum Gasteiger partial charge on any atom is 2.00 e. The molecule has 0 fully saturated rings. The van der Waals surface area contributed by atoms with E-state index in [1.54, 1.807) is 0 Å². The fraction of sp³-hybridized carbons (Fsp3) is 0. The molecule has 0 N–H and O–H groups in total. The quantitative estimate of drug-likeness (QED) is 0.531. The van der Waals surface area contributed by atoms with Crippen molar-refractivity contribution in [2.45, 2.75) is 0 Å². The SMILES string of the molecule is [Cr+2].[Eu+2].[Eu+2].[V+2]. The summed E-state index contributed by atoms with van der Waals surface area (Å²) >= 11 is 0. The van der Waals surface area contributed by atoms with E-state index in [0.29, 0.717) is 0 Å². The molecule has 4 heavy (non-hydrogen) atoms. The summed E-state index contributed by atoms with van der Waals surface area (Å²) in [5.74, 6) is 0. The molecule has 0 rings (SSSR count). The van der Waals surface area contributed by atoms with Crippen molar-refractivity contribution in [3.05, 3.63) is 0 Å². The van der Waals surface area contributed by atoms with E-state index < -0.39 is 0 Å². The van der Waals surface area contributed by atoms with Crippen LogP contribution in [0.1, 0.15) is 0 Å². The fourth-order valence-corrected chi connectivity index (χ4v) is 0. The Bertz CT molecular complexity index is 6.00. The molecule has 17 valence electrons. The molecule has 4 heteroatoms. The molecule has 0 spiro atoms. The van der Waals surface area contributed by atoms with Gasteiger partial charge in [0.15, 0.2) is 0 Å². The van der Waals surface area contributed by atoms with Crippen LogP contribution >= 0.6 is 0 Å². The van der Waals surface area contributed by atoms with Crippen LogP contribution in [0.4, 0.5) is 0 Å². The molecule has 0 amide bonds. The third-order valence-electron chi connectivity index (χ3n) is 0. The monoisotopic (exact) mass is 409 g/mol. The van der Waals surface area contributed by atoms with Crippen LogP contribution in [0, 0.1) is 98.8 Å². The fourth-order valence-electron chi connectivity index (χ4n) is 0. The van der Waals surface area contributed by atoms with E-state index >= 15 is 0 Å². The average molecular weight is 407 g/mol. The van der Waals surface area contributed by atoms with Crippen LogP contribution in [-0.4, -0.2) is 0 Å². The third-order valence-corrected chi connectivity index (χ3v) is 0. The molecule has 0 aliphatic rings. The van der Waals surface area contributed by atoms with E-state index in [0.717, 1.165) is 0 Å². The van der Waals surface area contributed by atoms with Crippen molar-refractivity contribution in [2.75, 3.05) is 0 Å². The van der Waals surface area contributed by atoms with Gasteiger partial charge in [0, 0.05) is 0 Å². The smallest absolute Gasteiger partial charge is 2.00 e. The van der Waals surface area contributed by atoms with Gasteiger partial charge >= 0.3 is 135 Å². The first kappa shape index (κ1) is 23.9. The summed E-state index contributed by atoms with van der Waals surface area (Å²) in [6.45, 7) is 0. The molecule has 0 aliphatic heterocycles. The predicted molar refractivity (Wildman–Crippen MR) is 0 cm³/mol. The van der Waals surface area contributed by atoms with Crippen molar-refractivity contribution < 1.29 is 135 Å². The maximum atomic E-state index is 0. The van der Waals surface area contributed by atoms with E-state index in [2.05, 4.69) is 0 Å². The van der Waals surface area contributed by atoms with Gasteiger partial charge in [-0.25, -0.2) is 0 Å². The van der Waals surface area contributed by atoms with E-state index in [-0.39, 0.29) is 135 Å². The van der Waals surface area contributed by atoms with Crippen molar-refractivity contribution >= 4 is 0 Å². The van der Waals surface area contributed by atoms with Crippen LogP contribution in [-0.2, 0) is 35.9 Å². The summed E-state index contributed by atoms with van der Waals surface area (Å²) in [6, 6.07) is 0. The zero-order chi connectivity index (χ0) is 0. The second-order valence-corrected chi connectivity index (χ2v) is 0. The summed E-state index contributed by atoms with van der Waals surface area (Å²) in [6.07, 6.45) is 0. The summed E-state index contributed by atoms with van der Waals surface area (Å²) in [5, 5.41) is 0. The van der Waals surface area contributed by atoms with E-state index in [9.17, 15) is 0 Å². The van der Waals surface area contributed by atoms with Gasteiger partial charge in [0.05, 0.1) is 0 Å². The predicted octanol–water partition coefficient (Wildman–Crippen LogP) is -0.00500. The van der Waals surface area contributed by atoms with Gasteiger partial charge < -0.3 is 0 Å². The standard InChI is InChI=1S/Cr.2Eu.V/q4*+2. The van der Waals surface area contributed by atoms with Crippen LogP contribution in [0.3, 0.4) is 0 Å². The molecule has 3 radical (unpaired) electrons. The number of hydrogen-bond acceptors (Lipinski definition) is 0. The van der Waals surface area contributed by atoms with Gasteiger partial charge in [-0.2, -0.15) is 0 Å². The van der Waals surface area contributed by atoms with Crippen LogP contribution < -0.4 is 0 Å². The Morgan fingerprint density at radius 2 is 0.750 bits per heavy atom. The van der Waals surface area contributed by atoms with Gasteiger partial charge in [-0.1, -0.05) is 0 Å². The normalized spacial score (nSPS) is 0. The summed E-state index contributed by atoms with van der Waals surface area (Å²) < 4.78 is 0. The minimum absolute atomic E-state index is 0. The van der Waals surface area contributed by atoms with Crippen LogP contribution in [0.15, 0.2) is 0 Å². The average Bonchev–Trinajstić information content (AvgIpc) is 0. The molecule has 0 aromatic heterocycles. The molecule has 0 saturated heterocycles. The molecule has 0 heterocycles. The van der Waals surface area contributed by atoms with Gasteiger partial charge in [-0.3, -0.25) is 0 Å². The number of hydrogen-bond donors (Lipinski definition) is 0. The Labute approximate surface area is 130 Å². The van der Waals surface area contributed by atoms with Crippen molar-refractivity contribution in [3.8, 4) is 0 Å². The van der Waals surface area contributed by atoms with Gasteiger partial charge in [0.2, 0.25) is 0 Å². The van der Waals surface area contributed by atoms with E-state index in [1.165, 1.54) is 0 Å². The van der Waals surface area contributed by atoms with Crippen LogP contribution in [0.2, 0.25) is 0 Å². The number of rotatable bonds is 0. The second kappa shape index (κ2) is 15.7. The van der Waals surface area contributed by atoms with Crippen molar-refractivity contribution in [1.29, 1.82) is 0 Å². The Balaban J connectivity index is 0. The molecule has 0 unspecified atom stereocenters. The van der Waals surface area contributed by atoms with Gasteiger partial charge in [-0.15, -0.1) is 0 Å². The van der Waals surface area contributed by atoms with Crippen molar-refractivity contribution in [2.24, 2.45) is 0 Å². The first-order valence-corrected chi connectivity index (χ1v) is 0. The maximum absolute atomic E-state index is 0. The molecule has 0 bridgehead atoms. The minimum atomic E-state index is 0. The zero-order valence-corrected chi connectivity index (χ0v) is 9.13. The largest absolute Gasteiger partial charge is 2.00 e. The molecule has 0 saturated carbocycles. The van der Waals surface area contributed by atoms with Gasteiger partial charge in [-0.05, 0) is 0 Å². The van der Waals surface area contributed by atoms with Crippen LogP contribution in [0.5, 0.6) is 0 Å². The van der Waals surface area contributed by atoms with Crippen LogP contribution in [0.25, 0.3) is 0 Å². The van der Waals surface area contributed by atoms with Gasteiger partial charge in [0.1, 0.15) is 0 Å². The van der Waals surface area contributed by atoms with E-state index in [4.69, 9.17) is 0 Å². The molecular formula is CrEu2V+8. The topological polar surface area (TPSA) is 0 Å². The second-order valence-electron chi connectivity index (χ2n) is 0. The Morgan fingerprint density at radius 3 is 0.750 bits per heavy atom. The van der Waals surface area contributed by atoms with Crippen molar-refractivity contribution in [3.63, 3.8) is 0 Å². The third kappa shape index (κ3) is 9.56. The first-order valence-electron chi connectivity index (χ1n) is 0. The first-order chi connectivity index (χ1) is 0. The van der Waals surface area contributed by atoms with E-state index in [1.807, 2.05) is 0 Å². The maximum Gasteiger partial charge on any atom is 2.00 e. The van der Waals surface area contributed by atoms with Crippen molar-refractivity contribution in [1.82, 2.24) is 0 Å². The summed E-state index contributed by atoms with van der Waals surface area (Å²) in [4.78, 5) is 0. The molecule has 0 atom stereocenters. The Hall–Kier alpha value is 4.29. The molecule has 0 nitrogen and oxygen atoms in total. The summed E-state index contributed by atoms with van der Waals surface area (Å²) in [5.41, 5.74) is 0. The Kier molecular flexibility index (Phi) is 93.8. The Morgan fingerprint density at radius 1 is 0.750 bits per heavy atom. The summed E-state index contributed by atoms with van der Waals surface area (Å²) in [7, 11) is 0.